The molecule has 216 valence electrons. The van der Waals surface area contributed by atoms with Crippen LogP contribution < -0.4 is 26.8 Å². The molecular weight excluding hydrogens is 544 g/mol. The number of rotatable bonds is 13. The molecule has 1 aromatic carbocycles. The fourth-order valence-electron chi connectivity index (χ4n) is 3.63. The number of nitrogen functional groups attached to an aromatic ring is 1. The van der Waals surface area contributed by atoms with Crippen LogP contribution in [0.3, 0.4) is 0 Å². The van der Waals surface area contributed by atoms with Crippen LogP contribution in [0.2, 0.25) is 0 Å². The number of H-pyrrole nitrogens is 1. The van der Waals surface area contributed by atoms with Crippen molar-refractivity contribution in [2.75, 3.05) is 17.7 Å². The van der Waals surface area contributed by atoms with E-state index in [0.717, 1.165) is 0 Å². The van der Waals surface area contributed by atoms with Gasteiger partial charge in [0.25, 0.3) is 11.5 Å². The highest BCUT2D eigenvalue weighted by atomic mass is 16.4. The van der Waals surface area contributed by atoms with Gasteiger partial charge >= 0.3 is 17.9 Å². The number of carboxylic acid groups (broad SMARTS) is 3. The van der Waals surface area contributed by atoms with E-state index in [2.05, 4.69) is 30.6 Å². The van der Waals surface area contributed by atoms with Gasteiger partial charge in [0.2, 0.25) is 11.9 Å². The molecule has 0 radical (unpaired) electrons. The van der Waals surface area contributed by atoms with Crippen LogP contribution in [0.1, 0.15) is 36.0 Å². The molecule has 41 heavy (non-hydrogen) atoms. The van der Waals surface area contributed by atoms with Crippen LogP contribution in [-0.4, -0.2) is 84.1 Å². The first-order chi connectivity index (χ1) is 19.3. The highest BCUT2D eigenvalue weighted by Crippen LogP contribution is 2.22. The predicted molar refractivity (Wildman–Crippen MR) is 141 cm³/mol. The Morgan fingerprint density at radius 2 is 1.56 bits per heavy atom. The van der Waals surface area contributed by atoms with Gasteiger partial charge < -0.3 is 36.6 Å². The number of nitrogens with zero attached hydrogens (tertiary/aromatic N) is 4. The molecule has 3 rings (SSSR count). The van der Waals surface area contributed by atoms with Crippen LogP contribution in [0.25, 0.3) is 11.2 Å². The molecule has 3 aromatic rings. The molecule has 0 spiro atoms. The van der Waals surface area contributed by atoms with Crippen molar-refractivity contribution < 1.29 is 39.3 Å². The van der Waals surface area contributed by atoms with Gasteiger partial charge in [-0.2, -0.15) is 4.98 Å². The minimum absolute atomic E-state index is 0.0293. The summed E-state index contributed by atoms with van der Waals surface area (Å²) >= 11 is 0. The van der Waals surface area contributed by atoms with Crippen molar-refractivity contribution in [2.24, 2.45) is 0 Å². The summed E-state index contributed by atoms with van der Waals surface area (Å²) < 4.78 is 0. The molecule has 0 aliphatic rings. The Labute approximate surface area is 230 Å². The Morgan fingerprint density at radius 1 is 0.951 bits per heavy atom. The number of carbonyl (C=O) groups excluding carboxylic acids is 2. The van der Waals surface area contributed by atoms with Crippen LogP contribution in [0.5, 0.6) is 0 Å². The Kier molecular flexibility index (Phi) is 9.46. The molecule has 0 unspecified atom stereocenters. The molecule has 2 amide bonds. The zero-order chi connectivity index (χ0) is 30.3. The quantitative estimate of drug-likeness (QED) is 0.136. The summed E-state index contributed by atoms with van der Waals surface area (Å²) in [5.41, 5.74) is 5.61. The number of fused-ring (bicyclic) bond motifs is 1. The number of benzene rings is 1. The molecule has 0 aliphatic carbocycles. The number of nitrogens with two attached hydrogens (primary N) is 1. The summed E-state index contributed by atoms with van der Waals surface area (Å²) in [5, 5.41) is 31.7. The van der Waals surface area contributed by atoms with Crippen LogP contribution >= 0.6 is 0 Å². The van der Waals surface area contributed by atoms with Crippen molar-refractivity contribution in [3.63, 3.8) is 0 Å². The molecule has 2 atom stereocenters. The summed E-state index contributed by atoms with van der Waals surface area (Å²) in [6, 6.07) is 2.96. The van der Waals surface area contributed by atoms with Crippen molar-refractivity contribution in [3.05, 3.63) is 46.4 Å². The van der Waals surface area contributed by atoms with Crippen molar-refractivity contribution in [3.8, 4) is 0 Å². The molecule has 8 N–H and O–H groups in total. The normalized spacial score (nSPS) is 12.2. The summed E-state index contributed by atoms with van der Waals surface area (Å²) in [6.45, 7) is 0. The molecule has 0 aliphatic heterocycles. The van der Waals surface area contributed by atoms with Gasteiger partial charge in [0, 0.05) is 31.1 Å². The van der Waals surface area contributed by atoms with E-state index in [-0.39, 0.29) is 34.9 Å². The summed E-state index contributed by atoms with van der Waals surface area (Å²) in [5.74, 6) is -5.54. The second-order valence-electron chi connectivity index (χ2n) is 8.75. The minimum atomic E-state index is -1.56. The lowest BCUT2D eigenvalue weighted by Crippen LogP contribution is -2.51. The van der Waals surface area contributed by atoms with E-state index in [1.54, 1.807) is 24.1 Å². The van der Waals surface area contributed by atoms with E-state index in [4.69, 9.17) is 15.9 Å². The number of hydrogen-bond acceptors (Lipinski definition) is 11. The molecule has 0 fully saturated rings. The molecule has 0 bridgehead atoms. The maximum Gasteiger partial charge on any atom is 0.326 e. The van der Waals surface area contributed by atoms with Gasteiger partial charge in [-0.15, -0.1) is 0 Å². The number of anilines is 3. The van der Waals surface area contributed by atoms with Crippen molar-refractivity contribution in [1.29, 1.82) is 0 Å². The van der Waals surface area contributed by atoms with Crippen LogP contribution in [0.4, 0.5) is 17.5 Å². The van der Waals surface area contributed by atoms with E-state index in [1.807, 2.05) is 0 Å². The third-order valence-electron chi connectivity index (χ3n) is 5.81. The van der Waals surface area contributed by atoms with Gasteiger partial charge in [0.05, 0.1) is 6.20 Å². The predicted octanol–water partition coefficient (Wildman–Crippen LogP) is -0.539. The van der Waals surface area contributed by atoms with Gasteiger partial charge in [-0.25, -0.2) is 14.8 Å². The number of hydrogen-bond donors (Lipinski definition) is 7. The Balaban J connectivity index is 1.74. The summed E-state index contributed by atoms with van der Waals surface area (Å²) in [4.78, 5) is 87.2. The number of carboxylic acids is 3. The number of carbonyl (C=O) groups is 5. The fourth-order valence-corrected chi connectivity index (χ4v) is 3.63. The third-order valence-corrected chi connectivity index (χ3v) is 5.81. The molecule has 2 aromatic heterocycles. The van der Waals surface area contributed by atoms with E-state index in [1.165, 1.54) is 18.3 Å². The van der Waals surface area contributed by atoms with Crippen LogP contribution in [0, 0.1) is 0 Å². The zero-order valence-electron chi connectivity index (χ0n) is 21.5. The van der Waals surface area contributed by atoms with Gasteiger partial charge in [0.1, 0.15) is 12.1 Å². The second kappa shape index (κ2) is 13.0. The van der Waals surface area contributed by atoms with E-state index < -0.39 is 66.6 Å². The maximum atomic E-state index is 12.9. The van der Waals surface area contributed by atoms with Gasteiger partial charge in [0.15, 0.2) is 17.0 Å². The Bertz CT molecular complexity index is 1540. The lowest BCUT2D eigenvalue weighted by molar-refractivity contribution is -0.143. The Hall–Kier alpha value is -5.61. The standard InChI is InChI=1S/C24H26N8O9/c1-32(15-10-26-19-18(29-15)22(39)31-24(25)30-19)12-4-2-11(3-5-12)20(37)27-13(6-8-16(33)34)21(38)28-14(23(40)41)7-9-17(35)36/h2-5,10,13-14H,6-9H2,1H3,(H,27,37)(H,28,38)(H,33,34)(H,35,36)(H,40,41)(H3,25,26,30,31,39)/t13-,14-/m0/s1. The maximum absolute atomic E-state index is 12.9. The lowest BCUT2D eigenvalue weighted by Gasteiger charge is -2.21. The van der Waals surface area contributed by atoms with Crippen molar-refractivity contribution >= 4 is 58.3 Å². The van der Waals surface area contributed by atoms with E-state index in [9.17, 15) is 33.9 Å². The monoisotopic (exact) mass is 570 g/mol. The molecule has 0 saturated carbocycles. The number of aliphatic carboxylic acids is 3. The topological polar surface area (TPSA) is 271 Å². The summed E-state index contributed by atoms with van der Waals surface area (Å²) in [6.07, 6.45) is -0.421. The van der Waals surface area contributed by atoms with Gasteiger partial charge in [-0.3, -0.25) is 29.0 Å². The number of amides is 2. The first-order valence-corrected chi connectivity index (χ1v) is 12.0. The SMILES string of the molecule is CN(c1ccc(C(=O)N[C@@H](CCC(=O)O)C(=O)N[C@@H](CCC(=O)O)C(=O)O)cc1)c1cnc2nc(N)[nH]c(=O)c2n1. The van der Waals surface area contributed by atoms with Crippen LogP contribution in [0.15, 0.2) is 35.3 Å². The average Bonchev–Trinajstić information content (AvgIpc) is 2.92. The number of nitrogens with one attached hydrogen (secondary N) is 3. The van der Waals surface area contributed by atoms with E-state index in [0.29, 0.717) is 5.69 Å². The second-order valence-corrected chi connectivity index (χ2v) is 8.75. The highest BCUT2D eigenvalue weighted by molar-refractivity contribution is 5.98. The van der Waals surface area contributed by atoms with E-state index >= 15 is 0 Å². The minimum Gasteiger partial charge on any atom is -0.481 e. The molecule has 17 heteroatoms. The number of aromatic amines is 1. The molecule has 0 saturated heterocycles. The molecular formula is C24H26N8O9. The first kappa shape index (κ1) is 29.9. The van der Waals surface area contributed by atoms with Gasteiger partial charge in [-0.1, -0.05) is 0 Å². The Morgan fingerprint density at radius 3 is 2.15 bits per heavy atom. The zero-order valence-corrected chi connectivity index (χ0v) is 21.5. The molecule has 2 heterocycles. The number of aromatic nitrogens is 4. The highest BCUT2D eigenvalue weighted by Gasteiger charge is 2.28. The fraction of sp³-hybridized carbons (Fsp3) is 0.292. The van der Waals surface area contributed by atoms with Crippen molar-refractivity contribution in [2.45, 2.75) is 37.8 Å². The first-order valence-electron chi connectivity index (χ1n) is 12.0. The summed E-state index contributed by atoms with van der Waals surface area (Å²) in [7, 11) is 1.64. The third kappa shape index (κ3) is 7.94. The van der Waals surface area contributed by atoms with Crippen LogP contribution in [-0.2, 0) is 19.2 Å². The molecule has 17 nitrogen and oxygen atoms in total. The average molecular weight is 571 g/mol. The van der Waals surface area contributed by atoms with Gasteiger partial charge in [-0.05, 0) is 37.1 Å². The van der Waals surface area contributed by atoms with Crippen molar-refractivity contribution in [1.82, 2.24) is 30.6 Å². The largest absolute Gasteiger partial charge is 0.481 e. The smallest absolute Gasteiger partial charge is 0.326 e. The lowest BCUT2D eigenvalue weighted by atomic mass is 10.1.